The summed E-state index contributed by atoms with van der Waals surface area (Å²) in [5.41, 5.74) is 4.90. The van der Waals surface area contributed by atoms with Gasteiger partial charge in [-0.1, -0.05) is 13.0 Å². The summed E-state index contributed by atoms with van der Waals surface area (Å²) in [6.07, 6.45) is -3.63. The summed E-state index contributed by atoms with van der Waals surface area (Å²) in [5, 5.41) is 2.50. The molecule has 1 fully saturated rings. The molecule has 1 heterocycles. The molecule has 1 aliphatic heterocycles. The Balaban J connectivity index is 2.04. The molecular formula is C14H18F3N3O. The van der Waals surface area contributed by atoms with Crippen LogP contribution in [-0.2, 0) is 6.18 Å². The quantitative estimate of drug-likeness (QED) is 0.882. The van der Waals surface area contributed by atoms with Crippen molar-refractivity contribution >= 4 is 11.7 Å². The van der Waals surface area contributed by atoms with Crippen molar-refractivity contribution in [1.82, 2.24) is 4.90 Å². The number of nitrogens with two attached hydrogens (primary N) is 1. The second-order valence-electron chi connectivity index (χ2n) is 5.70. The van der Waals surface area contributed by atoms with Crippen LogP contribution >= 0.6 is 0 Å². The topological polar surface area (TPSA) is 58.4 Å². The van der Waals surface area contributed by atoms with E-state index in [0.717, 1.165) is 18.6 Å². The smallest absolute Gasteiger partial charge is 0.330 e. The molecule has 3 N–H and O–H groups in total. The van der Waals surface area contributed by atoms with E-state index in [1.54, 1.807) is 4.90 Å². The summed E-state index contributed by atoms with van der Waals surface area (Å²) in [6, 6.07) is 4.21. The van der Waals surface area contributed by atoms with Gasteiger partial charge in [-0.05, 0) is 36.6 Å². The number of urea groups is 1. The van der Waals surface area contributed by atoms with Gasteiger partial charge in [-0.15, -0.1) is 0 Å². The zero-order valence-corrected chi connectivity index (χ0v) is 11.7. The second kappa shape index (κ2) is 5.55. The number of likely N-dealkylation sites (tertiary alicyclic amines) is 1. The number of anilines is 1. The predicted molar refractivity (Wildman–Crippen MR) is 73.8 cm³/mol. The van der Waals surface area contributed by atoms with Gasteiger partial charge < -0.3 is 16.0 Å². The van der Waals surface area contributed by atoms with Crippen LogP contribution in [0.3, 0.4) is 0 Å². The third-order valence-corrected chi connectivity index (χ3v) is 3.78. The summed E-state index contributed by atoms with van der Waals surface area (Å²) < 4.78 is 37.9. The fourth-order valence-electron chi connectivity index (χ4n) is 2.34. The van der Waals surface area contributed by atoms with Gasteiger partial charge in [0.2, 0.25) is 0 Å². The number of amides is 2. The van der Waals surface area contributed by atoms with Gasteiger partial charge in [0.1, 0.15) is 0 Å². The number of hydrogen-bond donors (Lipinski definition) is 2. The minimum absolute atomic E-state index is 0.120. The lowest BCUT2D eigenvalue weighted by Crippen LogP contribution is -2.36. The number of benzene rings is 1. The molecule has 0 radical (unpaired) electrons. The summed E-state index contributed by atoms with van der Waals surface area (Å²) >= 11 is 0. The van der Waals surface area contributed by atoms with Gasteiger partial charge >= 0.3 is 12.2 Å². The van der Waals surface area contributed by atoms with Crippen molar-refractivity contribution < 1.29 is 18.0 Å². The number of carbonyl (C=O) groups is 1. The molecule has 1 aromatic carbocycles. The molecule has 1 atom stereocenters. The first-order valence-corrected chi connectivity index (χ1v) is 6.67. The average Bonchev–Trinajstić information content (AvgIpc) is 2.82. The molecule has 0 aliphatic carbocycles. The molecule has 7 heteroatoms. The van der Waals surface area contributed by atoms with Crippen molar-refractivity contribution in [2.75, 3.05) is 25.0 Å². The Morgan fingerprint density at radius 1 is 1.48 bits per heavy atom. The van der Waals surface area contributed by atoms with E-state index in [0.29, 0.717) is 19.6 Å². The molecule has 1 saturated heterocycles. The zero-order valence-electron chi connectivity index (χ0n) is 11.7. The fourth-order valence-corrected chi connectivity index (χ4v) is 2.34. The normalized spacial score (nSPS) is 22.4. The Kier molecular flexibility index (Phi) is 4.13. The van der Waals surface area contributed by atoms with E-state index < -0.39 is 17.8 Å². The lowest BCUT2D eigenvalue weighted by molar-refractivity contribution is -0.137. The van der Waals surface area contributed by atoms with Crippen LogP contribution in [0.2, 0.25) is 0 Å². The summed E-state index contributed by atoms with van der Waals surface area (Å²) in [7, 11) is 0. The first-order chi connectivity index (χ1) is 9.73. The van der Waals surface area contributed by atoms with Crippen LogP contribution in [-0.4, -0.2) is 30.6 Å². The Labute approximate surface area is 121 Å². The summed E-state index contributed by atoms with van der Waals surface area (Å²) in [6.45, 7) is 3.53. The van der Waals surface area contributed by atoms with Crippen LogP contribution in [0, 0.1) is 5.41 Å². The van der Waals surface area contributed by atoms with Crippen molar-refractivity contribution in [2.45, 2.75) is 19.5 Å². The first-order valence-electron chi connectivity index (χ1n) is 6.67. The van der Waals surface area contributed by atoms with Crippen LogP contribution in [0.15, 0.2) is 24.3 Å². The van der Waals surface area contributed by atoms with Gasteiger partial charge in [-0.2, -0.15) is 13.2 Å². The molecule has 2 amide bonds. The lowest BCUT2D eigenvalue weighted by Gasteiger charge is -2.22. The number of hydrogen-bond acceptors (Lipinski definition) is 2. The van der Waals surface area contributed by atoms with E-state index in [2.05, 4.69) is 5.32 Å². The number of carbonyl (C=O) groups excluding carboxylic acids is 1. The fraction of sp³-hybridized carbons (Fsp3) is 0.500. The van der Waals surface area contributed by atoms with Crippen molar-refractivity contribution in [3.63, 3.8) is 0 Å². The minimum atomic E-state index is -4.42. The molecule has 21 heavy (non-hydrogen) atoms. The maximum absolute atomic E-state index is 12.6. The highest BCUT2D eigenvalue weighted by Gasteiger charge is 2.35. The SMILES string of the molecule is CC1(CN)CCN(C(=O)Nc2cccc(C(F)(F)F)c2)C1. The molecule has 1 unspecified atom stereocenters. The third-order valence-electron chi connectivity index (χ3n) is 3.78. The van der Waals surface area contributed by atoms with Gasteiger partial charge in [0.05, 0.1) is 5.56 Å². The van der Waals surface area contributed by atoms with Gasteiger partial charge in [0.15, 0.2) is 0 Å². The van der Waals surface area contributed by atoms with Crippen molar-refractivity contribution in [2.24, 2.45) is 11.1 Å². The van der Waals surface area contributed by atoms with Crippen LogP contribution in [0.1, 0.15) is 18.9 Å². The predicted octanol–water partition coefficient (Wildman–Crippen LogP) is 2.91. The molecule has 2 rings (SSSR count). The highest BCUT2D eigenvalue weighted by Crippen LogP contribution is 2.31. The monoisotopic (exact) mass is 301 g/mol. The third kappa shape index (κ3) is 3.66. The first kappa shape index (κ1) is 15.6. The van der Waals surface area contributed by atoms with Crippen molar-refractivity contribution in [3.05, 3.63) is 29.8 Å². The Morgan fingerprint density at radius 2 is 2.19 bits per heavy atom. The summed E-state index contributed by atoms with van der Waals surface area (Å²) in [4.78, 5) is 13.6. The maximum atomic E-state index is 12.6. The van der Waals surface area contributed by atoms with E-state index in [1.165, 1.54) is 12.1 Å². The molecule has 0 saturated carbocycles. The van der Waals surface area contributed by atoms with Gasteiger partial charge in [-0.3, -0.25) is 0 Å². The Bertz CT molecular complexity index is 532. The van der Waals surface area contributed by atoms with Crippen LogP contribution < -0.4 is 11.1 Å². The van der Waals surface area contributed by atoms with Gasteiger partial charge in [0.25, 0.3) is 0 Å². The van der Waals surface area contributed by atoms with Crippen molar-refractivity contribution in [3.8, 4) is 0 Å². The molecule has 1 aliphatic rings. The van der Waals surface area contributed by atoms with Crippen LogP contribution in [0.4, 0.5) is 23.7 Å². The van der Waals surface area contributed by atoms with E-state index in [9.17, 15) is 18.0 Å². The van der Waals surface area contributed by atoms with E-state index >= 15 is 0 Å². The molecular weight excluding hydrogens is 283 g/mol. The largest absolute Gasteiger partial charge is 0.416 e. The lowest BCUT2D eigenvalue weighted by atomic mass is 9.90. The number of nitrogens with zero attached hydrogens (tertiary/aromatic N) is 1. The molecule has 0 spiro atoms. The van der Waals surface area contributed by atoms with Crippen LogP contribution in [0.5, 0.6) is 0 Å². The highest BCUT2D eigenvalue weighted by atomic mass is 19.4. The van der Waals surface area contributed by atoms with Crippen molar-refractivity contribution in [1.29, 1.82) is 0 Å². The van der Waals surface area contributed by atoms with Gasteiger partial charge in [-0.25, -0.2) is 4.79 Å². The molecule has 1 aromatic rings. The number of alkyl halides is 3. The van der Waals surface area contributed by atoms with Gasteiger partial charge in [0, 0.05) is 18.8 Å². The maximum Gasteiger partial charge on any atom is 0.416 e. The summed E-state index contributed by atoms with van der Waals surface area (Å²) in [5.74, 6) is 0. The molecule has 0 bridgehead atoms. The second-order valence-corrected chi connectivity index (χ2v) is 5.70. The number of nitrogens with one attached hydrogen (secondary N) is 1. The van der Waals surface area contributed by atoms with E-state index in [4.69, 9.17) is 5.73 Å². The van der Waals surface area contributed by atoms with E-state index in [1.807, 2.05) is 6.92 Å². The zero-order chi connectivity index (χ0) is 15.7. The Morgan fingerprint density at radius 3 is 2.76 bits per heavy atom. The number of halogens is 3. The molecule has 4 nitrogen and oxygen atoms in total. The minimum Gasteiger partial charge on any atom is -0.330 e. The molecule has 0 aromatic heterocycles. The average molecular weight is 301 g/mol. The van der Waals surface area contributed by atoms with Crippen LogP contribution in [0.25, 0.3) is 0 Å². The molecule has 116 valence electrons. The standard InChI is InChI=1S/C14H18F3N3O/c1-13(8-18)5-6-20(9-13)12(21)19-11-4-2-3-10(7-11)14(15,16)17/h2-4,7H,5-6,8-9,18H2,1H3,(H,19,21). The number of rotatable bonds is 2. The Hall–Kier alpha value is -1.76. The highest BCUT2D eigenvalue weighted by molar-refractivity contribution is 5.89. The van der Waals surface area contributed by atoms with E-state index in [-0.39, 0.29) is 11.1 Å².